The molecule has 140 valence electrons. The topological polar surface area (TPSA) is 81.3 Å². The molecular weight excluding hydrogens is 344 g/mol. The fourth-order valence-electron chi connectivity index (χ4n) is 2.66. The molecule has 0 spiro atoms. The Morgan fingerprint density at radius 3 is 2.37 bits per heavy atom. The highest BCUT2D eigenvalue weighted by atomic mass is 16.5. The van der Waals surface area contributed by atoms with E-state index in [1.807, 2.05) is 54.8 Å². The largest absolute Gasteiger partial charge is 0.497 e. The lowest BCUT2D eigenvalue weighted by molar-refractivity contribution is -0.149. The Hall–Kier alpha value is -3.33. The van der Waals surface area contributed by atoms with Gasteiger partial charge >= 0.3 is 5.97 Å². The van der Waals surface area contributed by atoms with Crippen LogP contribution >= 0.6 is 0 Å². The molecule has 0 saturated carbocycles. The van der Waals surface area contributed by atoms with Crippen molar-refractivity contribution in [1.82, 2.24) is 4.57 Å². The fourth-order valence-corrected chi connectivity index (χ4v) is 2.66. The molecule has 1 unspecified atom stereocenters. The van der Waals surface area contributed by atoms with Crippen LogP contribution in [0.25, 0.3) is 11.8 Å². The summed E-state index contributed by atoms with van der Waals surface area (Å²) >= 11 is 0. The fraction of sp³-hybridized carbons (Fsp3) is 0.286. The van der Waals surface area contributed by atoms with Gasteiger partial charge in [-0.25, -0.2) is 4.79 Å². The van der Waals surface area contributed by atoms with Crippen LogP contribution < -0.4 is 4.74 Å². The Balaban J connectivity index is 2.38. The van der Waals surface area contributed by atoms with Crippen LogP contribution in [0.3, 0.4) is 0 Å². The van der Waals surface area contributed by atoms with Gasteiger partial charge in [-0.2, -0.15) is 5.26 Å². The summed E-state index contributed by atoms with van der Waals surface area (Å²) in [5.41, 5.74) is 3.34. The van der Waals surface area contributed by atoms with E-state index in [1.54, 1.807) is 7.11 Å². The van der Waals surface area contributed by atoms with E-state index in [2.05, 4.69) is 0 Å². The molecule has 6 heteroatoms. The smallest absolute Gasteiger partial charge is 0.349 e. The number of carbonyl (C=O) groups is 2. The van der Waals surface area contributed by atoms with Gasteiger partial charge in [-0.3, -0.25) is 4.79 Å². The predicted octanol–water partition coefficient (Wildman–Crippen LogP) is 3.53. The highest BCUT2D eigenvalue weighted by Crippen LogP contribution is 2.24. The first-order valence-electron chi connectivity index (χ1n) is 8.45. The summed E-state index contributed by atoms with van der Waals surface area (Å²) in [5, 5.41) is 9.33. The van der Waals surface area contributed by atoms with Crippen molar-refractivity contribution in [3.63, 3.8) is 0 Å². The maximum atomic E-state index is 12.2. The third-order valence-electron chi connectivity index (χ3n) is 4.30. The zero-order valence-corrected chi connectivity index (χ0v) is 16.1. The number of esters is 1. The number of ketones is 1. The minimum atomic E-state index is -0.888. The molecule has 2 rings (SSSR count). The second-order valence-electron chi connectivity index (χ2n) is 6.19. The summed E-state index contributed by atoms with van der Waals surface area (Å²) in [6, 6.07) is 11.3. The van der Waals surface area contributed by atoms with Gasteiger partial charge in [-0.15, -0.1) is 0 Å². The molecule has 6 nitrogen and oxygen atoms in total. The molecule has 1 atom stereocenters. The summed E-state index contributed by atoms with van der Waals surface area (Å²) in [6.07, 6.45) is 0.596. The molecule has 0 N–H and O–H groups in total. The zero-order valence-electron chi connectivity index (χ0n) is 16.1. The van der Waals surface area contributed by atoms with Crippen molar-refractivity contribution in [1.29, 1.82) is 5.26 Å². The molecule has 0 aliphatic rings. The number of methoxy groups -OCH3 is 1. The van der Waals surface area contributed by atoms with Gasteiger partial charge < -0.3 is 14.0 Å². The molecule has 0 saturated heterocycles. The maximum Gasteiger partial charge on any atom is 0.349 e. The first-order valence-corrected chi connectivity index (χ1v) is 8.45. The molecule has 0 aliphatic heterocycles. The lowest BCUT2D eigenvalue weighted by atomic mass is 10.1. The third kappa shape index (κ3) is 4.45. The molecular formula is C21H22N2O4. The molecule has 1 heterocycles. The van der Waals surface area contributed by atoms with E-state index < -0.39 is 12.1 Å². The number of rotatable bonds is 6. The normalized spacial score (nSPS) is 12.2. The first kappa shape index (κ1) is 20.0. The van der Waals surface area contributed by atoms with Crippen molar-refractivity contribution in [2.24, 2.45) is 0 Å². The number of aromatic nitrogens is 1. The SMILES string of the molecule is COc1ccc(-n2c(C)cc(/C=C(\C#N)C(=O)OC(C)C(C)=O)c2C)cc1. The van der Waals surface area contributed by atoms with E-state index in [9.17, 15) is 14.9 Å². The van der Waals surface area contributed by atoms with Crippen LogP contribution in [0.15, 0.2) is 35.9 Å². The zero-order chi connectivity index (χ0) is 20.1. The highest BCUT2D eigenvalue weighted by molar-refractivity contribution is 5.99. The summed E-state index contributed by atoms with van der Waals surface area (Å²) in [5.74, 6) is -0.330. The van der Waals surface area contributed by atoms with Crippen LogP contribution in [0, 0.1) is 25.2 Å². The minimum Gasteiger partial charge on any atom is -0.497 e. The summed E-state index contributed by atoms with van der Waals surface area (Å²) < 4.78 is 12.2. The molecule has 1 aromatic carbocycles. The Morgan fingerprint density at radius 1 is 1.22 bits per heavy atom. The molecule has 27 heavy (non-hydrogen) atoms. The Labute approximate surface area is 158 Å². The van der Waals surface area contributed by atoms with Gasteiger partial charge in [0.25, 0.3) is 0 Å². The second kappa shape index (κ2) is 8.37. The number of hydrogen-bond acceptors (Lipinski definition) is 5. The summed E-state index contributed by atoms with van der Waals surface area (Å²) in [7, 11) is 1.61. The Kier molecular flexibility index (Phi) is 6.19. The van der Waals surface area contributed by atoms with Gasteiger partial charge in [0, 0.05) is 17.1 Å². The van der Waals surface area contributed by atoms with E-state index >= 15 is 0 Å². The molecule has 0 radical (unpaired) electrons. The van der Waals surface area contributed by atoms with Crippen molar-refractivity contribution < 1.29 is 19.1 Å². The van der Waals surface area contributed by atoms with Crippen LogP contribution in [0.2, 0.25) is 0 Å². The van der Waals surface area contributed by atoms with Gasteiger partial charge in [-0.05, 0) is 69.7 Å². The third-order valence-corrected chi connectivity index (χ3v) is 4.30. The Bertz CT molecular complexity index is 930. The average Bonchev–Trinajstić information content (AvgIpc) is 2.92. The van der Waals surface area contributed by atoms with Crippen LogP contribution in [-0.4, -0.2) is 29.5 Å². The summed E-state index contributed by atoms with van der Waals surface area (Å²) in [6.45, 7) is 6.65. The monoisotopic (exact) mass is 366 g/mol. The standard InChI is InChI=1S/C21H22N2O4/c1-13-10-17(11-18(12-22)21(25)27-16(4)15(3)24)14(2)23(13)19-6-8-20(26-5)9-7-19/h6-11,16H,1-5H3/b18-11+. The molecule has 0 aliphatic carbocycles. The number of nitriles is 1. The van der Waals surface area contributed by atoms with Crippen molar-refractivity contribution >= 4 is 17.8 Å². The number of aryl methyl sites for hydroxylation is 1. The van der Waals surface area contributed by atoms with Crippen molar-refractivity contribution in [3.05, 3.63) is 52.9 Å². The van der Waals surface area contributed by atoms with Gasteiger partial charge in [-0.1, -0.05) is 0 Å². The molecule has 2 aromatic rings. The number of carbonyl (C=O) groups excluding carboxylic acids is 2. The lowest BCUT2D eigenvalue weighted by Gasteiger charge is -2.11. The second-order valence-corrected chi connectivity index (χ2v) is 6.19. The van der Waals surface area contributed by atoms with Crippen LogP contribution in [-0.2, 0) is 14.3 Å². The average molecular weight is 366 g/mol. The van der Waals surface area contributed by atoms with E-state index in [4.69, 9.17) is 9.47 Å². The van der Waals surface area contributed by atoms with Crippen molar-refractivity contribution in [3.8, 4) is 17.5 Å². The quantitative estimate of drug-likeness (QED) is 0.444. The molecule has 0 amide bonds. The van der Waals surface area contributed by atoms with E-state index in [0.29, 0.717) is 0 Å². The number of nitrogens with zero attached hydrogens (tertiary/aromatic N) is 2. The number of benzene rings is 1. The number of hydrogen-bond donors (Lipinski definition) is 0. The van der Waals surface area contributed by atoms with Crippen LogP contribution in [0.4, 0.5) is 0 Å². The Morgan fingerprint density at radius 2 is 1.85 bits per heavy atom. The maximum absolute atomic E-state index is 12.2. The number of Topliss-reactive ketones (excluding diaryl/α,β-unsaturated/α-hetero) is 1. The molecule has 0 bridgehead atoms. The van der Waals surface area contributed by atoms with Crippen LogP contribution in [0.5, 0.6) is 5.75 Å². The van der Waals surface area contributed by atoms with E-state index in [1.165, 1.54) is 19.9 Å². The predicted molar refractivity (Wildman–Crippen MR) is 102 cm³/mol. The van der Waals surface area contributed by atoms with E-state index in [0.717, 1.165) is 28.4 Å². The van der Waals surface area contributed by atoms with Gasteiger partial charge in [0.05, 0.1) is 7.11 Å². The molecule has 1 aromatic heterocycles. The minimum absolute atomic E-state index is 0.155. The lowest BCUT2D eigenvalue weighted by Crippen LogP contribution is -2.22. The van der Waals surface area contributed by atoms with Crippen molar-refractivity contribution in [2.45, 2.75) is 33.8 Å². The van der Waals surface area contributed by atoms with Crippen molar-refractivity contribution in [2.75, 3.05) is 7.11 Å². The first-order chi connectivity index (χ1) is 12.8. The highest BCUT2D eigenvalue weighted by Gasteiger charge is 2.19. The van der Waals surface area contributed by atoms with Gasteiger partial charge in [0.1, 0.15) is 17.4 Å². The summed E-state index contributed by atoms with van der Waals surface area (Å²) in [4.78, 5) is 23.4. The van der Waals surface area contributed by atoms with Gasteiger partial charge in [0.15, 0.2) is 11.9 Å². The van der Waals surface area contributed by atoms with Gasteiger partial charge in [0.2, 0.25) is 0 Å². The van der Waals surface area contributed by atoms with E-state index in [-0.39, 0.29) is 11.4 Å². The molecule has 0 fully saturated rings. The number of ether oxygens (including phenoxy) is 2. The van der Waals surface area contributed by atoms with Crippen LogP contribution in [0.1, 0.15) is 30.8 Å².